The maximum absolute atomic E-state index is 14.2. The molecule has 0 bridgehead atoms. The van der Waals surface area contributed by atoms with Crippen LogP contribution in [0.1, 0.15) is 31.4 Å². The van der Waals surface area contributed by atoms with Crippen LogP contribution in [0.5, 0.6) is 0 Å². The second kappa shape index (κ2) is 5.88. The zero-order valence-electron chi connectivity index (χ0n) is 11.9. The van der Waals surface area contributed by atoms with Crippen LogP contribution in [-0.4, -0.2) is 43.2 Å². The Balaban J connectivity index is 2.21. The summed E-state index contributed by atoms with van der Waals surface area (Å²) in [6.45, 7) is 3.50. The Morgan fingerprint density at radius 2 is 2.21 bits per heavy atom. The molecule has 1 aromatic carbocycles. The van der Waals surface area contributed by atoms with E-state index in [0.29, 0.717) is 17.3 Å². The molecule has 19 heavy (non-hydrogen) atoms. The molecule has 4 heteroatoms. The van der Waals surface area contributed by atoms with E-state index in [4.69, 9.17) is 0 Å². The highest BCUT2D eigenvalue weighted by atomic mass is 19.1. The fourth-order valence-electron chi connectivity index (χ4n) is 2.78. The molecule has 106 valence electrons. The molecule has 0 spiro atoms. The fourth-order valence-corrected chi connectivity index (χ4v) is 2.78. The maximum Gasteiger partial charge on any atom is 0.146 e. The summed E-state index contributed by atoms with van der Waals surface area (Å²) >= 11 is 0. The number of nitrogens with zero attached hydrogens (tertiary/aromatic N) is 2. The van der Waals surface area contributed by atoms with Gasteiger partial charge in [0.2, 0.25) is 0 Å². The minimum atomic E-state index is -0.625. The highest BCUT2D eigenvalue weighted by Gasteiger charge is 2.27. The first-order valence-corrected chi connectivity index (χ1v) is 6.88. The largest absolute Gasteiger partial charge is 0.389 e. The number of hydrogen-bond acceptors (Lipinski definition) is 3. The first-order chi connectivity index (χ1) is 8.99. The van der Waals surface area contributed by atoms with E-state index in [1.54, 1.807) is 13.0 Å². The molecule has 2 rings (SSSR count). The van der Waals surface area contributed by atoms with E-state index in [0.717, 1.165) is 25.9 Å². The molecule has 1 aromatic rings. The molecule has 1 fully saturated rings. The summed E-state index contributed by atoms with van der Waals surface area (Å²) in [6.07, 6.45) is 1.59. The second-order valence-corrected chi connectivity index (χ2v) is 5.64. The molecule has 1 N–H and O–H groups in total. The third-order valence-corrected chi connectivity index (χ3v) is 3.72. The van der Waals surface area contributed by atoms with Crippen LogP contribution in [0.2, 0.25) is 0 Å². The lowest BCUT2D eigenvalue weighted by molar-refractivity contribution is 0.199. The van der Waals surface area contributed by atoms with Crippen molar-refractivity contribution in [2.75, 3.05) is 32.1 Å². The maximum atomic E-state index is 14.2. The van der Waals surface area contributed by atoms with Gasteiger partial charge in [-0.3, -0.25) is 0 Å². The van der Waals surface area contributed by atoms with Crippen LogP contribution < -0.4 is 4.90 Å². The number of anilines is 1. The molecule has 1 heterocycles. The quantitative estimate of drug-likeness (QED) is 0.906. The second-order valence-electron chi connectivity index (χ2n) is 5.64. The lowest BCUT2D eigenvalue weighted by atomic mass is 10.1. The van der Waals surface area contributed by atoms with Crippen molar-refractivity contribution in [1.82, 2.24) is 4.90 Å². The molecule has 1 saturated heterocycles. The van der Waals surface area contributed by atoms with Crippen LogP contribution >= 0.6 is 0 Å². The van der Waals surface area contributed by atoms with Crippen LogP contribution in [0, 0.1) is 5.82 Å². The topological polar surface area (TPSA) is 26.7 Å². The van der Waals surface area contributed by atoms with Gasteiger partial charge in [0.15, 0.2) is 0 Å². The van der Waals surface area contributed by atoms with E-state index in [9.17, 15) is 9.50 Å². The molecule has 3 nitrogen and oxygen atoms in total. The SMILES string of the molecule is C[C@H](O)c1ccc(N2CCCC2CN(C)C)c(F)c1. The zero-order chi connectivity index (χ0) is 14.0. The summed E-state index contributed by atoms with van der Waals surface area (Å²) in [6, 6.07) is 5.44. The van der Waals surface area contributed by atoms with Gasteiger partial charge >= 0.3 is 0 Å². The van der Waals surface area contributed by atoms with E-state index >= 15 is 0 Å². The normalized spacial score (nSPS) is 21.2. The van der Waals surface area contributed by atoms with E-state index in [1.807, 2.05) is 20.2 Å². The van der Waals surface area contributed by atoms with Crippen LogP contribution in [0.3, 0.4) is 0 Å². The zero-order valence-corrected chi connectivity index (χ0v) is 11.9. The number of hydrogen-bond donors (Lipinski definition) is 1. The molecule has 0 saturated carbocycles. The van der Waals surface area contributed by atoms with Gasteiger partial charge in [-0.05, 0) is 51.6 Å². The molecular weight excluding hydrogens is 243 g/mol. The van der Waals surface area contributed by atoms with Gasteiger partial charge in [-0.1, -0.05) is 6.07 Å². The van der Waals surface area contributed by atoms with Gasteiger partial charge in [0.05, 0.1) is 11.8 Å². The Bertz CT molecular complexity index is 434. The predicted octanol–water partition coefficient (Wildman–Crippen LogP) is 2.41. The number of rotatable bonds is 4. The minimum absolute atomic E-state index is 0.232. The Hall–Kier alpha value is -1.13. The summed E-state index contributed by atoms with van der Waals surface area (Å²) < 4.78 is 14.2. The monoisotopic (exact) mass is 266 g/mol. The van der Waals surface area contributed by atoms with Crippen LogP contribution in [0.15, 0.2) is 18.2 Å². The summed E-state index contributed by atoms with van der Waals surface area (Å²) in [4.78, 5) is 4.30. The van der Waals surface area contributed by atoms with Crippen molar-refractivity contribution in [1.29, 1.82) is 0 Å². The average Bonchev–Trinajstić information content (AvgIpc) is 2.75. The highest BCUT2D eigenvalue weighted by molar-refractivity contribution is 5.51. The fraction of sp³-hybridized carbons (Fsp3) is 0.600. The van der Waals surface area contributed by atoms with Gasteiger partial charge in [0, 0.05) is 19.1 Å². The molecule has 1 aliphatic rings. The number of aliphatic hydroxyl groups excluding tert-OH is 1. The molecule has 1 aliphatic heterocycles. The third kappa shape index (κ3) is 3.25. The van der Waals surface area contributed by atoms with Gasteiger partial charge in [0.25, 0.3) is 0 Å². The highest BCUT2D eigenvalue weighted by Crippen LogP contribution is 2.29. The van der Waals surface area contributed by atoms with Crippen molar-refractivity contribution < 1.29 is 9.50 Å². The van der Waals surface area contributed by atoms with Gasteiger partial charge in [-0.15, -0.1) is 0 Å². The Morgan fingerprint density at radius 1 is 1.47 bits per heavy atom. The standard InChI is InChI=1S/C15H23FN2O/c1-11(19)12-6-7-15(14(16)9-12)18-8-4-5-13(18)10-17(2)3/h6-7,9,11,13,19H,4-5,8,10H2,1-3H3/t11-,13?/m0/s1. The van der Waals surface area contributed by atoms with E-state index in [1.165, 1.54) is 6.07 Å². The smallest absolute Gasteiger partial charge is 0.146 e. The van der Waals surface area contributed by atoms with Crippen LogP contribution in [0.4, 0.5) is 10.1 Å². The first-order valence-electron chi connectivity index (χ1n) is 6.88. The van der Waals surface area contributed by atoms with Crippen LogP contribution in [0.25, 0.3) is 0 Å². The molecule has 0 aromatic heterocycles. The van der Waals surface area contributed by atoms with Crippen LogP contribution in [-0.2, 0) is 0 Å². The van der Waals surface area contributed by atoms with E-state index < -0.39 is 6.10 Å². The number of benzene rings is 1. The Kier molecular flexibility index (Phi) is 4.42. The molecule has 2 atom stereocenters. The molecule has 0 amide bonds. The van der Waals surface area contributed by atoms with E-state index in [-0.39, 0.29) is 5.82 Å². The predicted molar refractivity (Wildman–Crippen MR) is 76.0 cm³/mol. The summed E-state index contributed by atoms with van der Waals surface area (Å²) in [7, 11) is 4.09. The van der Waals surface area contributed by atoms with Crippen molar-refractivity contribution in [3.8, 4) is 0 Å². The number of halogens is 1. The van der Waals surface area contributed by atoms with Gasteiger partial charge in [-0.25, -0.2) is 4.39 Å². The summed E-state index contributed by atoms with van der Waals surface area (Å²) in [5, 5.41) is 9.49. The van der Waals surface area contributed by atoms with Gasteiger partial charge in [0.1, 0.15) is 5.82 Å². The van der Waals surface area contributed by atoms with Crippen molar-refractivity contribution >= 4 is 5.69 Å². The average molecular weight is 266 g/mol. The molecular formula is C15H23FN2O. The van der Waals surface area contributed by atoms with Crippen molar-refractivity contribution in [3.05, 3.63) is 29.6 Å². The minimum Gasteiger partial charge on any atom is -0.389 e. The molecule has 1 unspecified atom stereocenters. The third-order valence-electron chi connectivity index (χ3n) is 3.72. The van der Waals surface area contributed by atoms with Gasteiger partial charge < -0.3 is 14.9 Å². The lowest BCUT2D eigenvalue weighted by Gasteiger charge is -2.29. The Morgan fingerprint density at radius 3 is 2.79 bits per heavy atom. The summed E-state index contributed by atoms with van der Waals surface area (Å²) in [5.41, 5.74) is 1.29. The molecule has 0 aliphatic carbocycles. The van der Waals surface area contributed by atoms with Crippen molar-refractivity contribution in [3.63, 3.8) is 0 Å². The van der Waals surface area contributed by atoms with E-state index in [2.05, 4.69) is 9.80 Å². The molecule has 0 radical (unpaired) electrons. The lowest BCUT2D eigenvalue weighted by Crippen LogP contribution is -2.38. The Labute approximate surface area is 114 Å². The van der Waals surface area contributed by atoms with Crippen molar-refractivity contribution in [2.24, 2.45) is 0 Å². The first kappa shape index (κ1) is 14.3. The number of aliphatic hydroxyl groups is 1. The number of likely N-dealkylation sites (N-methyl/N-ethyl adjacent to an activating group) is 1. The van der Waals surface area contributed by atoms with Crippen molar-refractivity contribution in [2.45, 2.75) is 31.9 Å². The van der Waals surface area contributed by atoms with Gasteiger partial charge in [-0.2, -0.15) is 0 Å². The summed E-state index contributed by atoms with van der Waals surface area (Å²) in [5.74, 6) is -0.232.